The lowest BCUT2D eigenvalue weighted by Gasteiger charge is -2.27. The molecule has 1 saturated heterocycles. The van der Waals surface area contributed by atoms with Gasteiger partial charge in [-0.25, -0.2) is 0 Å². The molecule has 0 bridgehead atoms. The van der Waals surface area contributed by atoms with Gasteiger partial charge in [-0.05, 0) is 43.8 Å². The van der Waals surface area contributed by atoms with E-state index >= 15 is 0 Å². The van der Waals surface area contributed by atoms with E-state index in [1.54, 1.807) is 11.3 Å². The van der Waals surface area contributed by atoms with Gasteiger partial charge in [0.05, 0.1) is 6.04 Å². The van der Waals surface area contributed by atoms with Gasteiger partial charge in [0.15, 0.2) is 0 Å². The van der Waals surface area contributed by atoms with Crippen LogP contribution in [0.15, 0.2) is 17.5 Å². The highest BCUT2D eigenvalue weighted by Crippen LogP contribution is 2.27. The molecule has 0 saturated carbocycles. The summed E-state index contributed by atoms with van der Waals surface area (Å²) in [5.74, 6) is 0.329. The molecule has 0 aromatic carbocycles. The van der Waals surface area contributed by atoms with Gasteiger partial charge in [0.1, 0.15) is 0 Å². The number of nitrogens with zero attached hydrogens (tertiary/aromatic N) is 1. The maximum absolute atomic E-state index is 12.1. The maximum Gasteiger partial charge on any atom is 0.222 e. The van der Waals surface area contributed by atoms with Crippen LogP contribution in [0.1, 0.15) is 50.4 Å². The van der Waals surface area contributed by atoms with Crippen molar-refractivity contribution >= 4 is 17.2 Å². The molecule has 1 fully saturated rings. The van der Waals surface area contributed by atoms with Gasteiger partial charge in [-0.1, -0.05) is 26.3 Å². The van der Waals surface area contributed by atoms with Crippen molar-refractivity contribution in [2.24, 2.45) is 5.92 Å². The molecule has 1 aliphatic heterocycles. The highest BCUT2D eigenvalue weighted by Gasteiger charge is 2.25. The Morgan fingerprint density at radius 1 is 1.45 bits per heavy atom. The van der Waals surface area contributed by atoms with E-state index in [4.69, 9.17) is 0 Å². The van der Waals surface area contributed by atoms with Crippen LogP contribution in [0.5, 0.6) is 0 Å². The SMILES string of the molecule is CCCC(C)C(=O)NCC(c1cccs1)N1CCCC1. The van der Waals surface area contributed by atoms with Crippen molar-refractivity contribution in [3.05, 3.63) is 22.4 Å². The van der Waals surface area contributed by atoms with E-state index in [2.05, 4.69) is 34.7 Å². The molecule has 1 aromatic rings. The fourth-order valence-electron chi connectivity index (χ4n) is 2.88. The first kappa shape index (κ1) is 15.5. The van der Waals surface area contributed by atoms with Crippen molar-refractivity contribution in [1.82, 2.24) is 10.2 Å². The molecular weight excluding hydrogens is 268 g/mol. The van der Waals surface area contributed by atoms with Gasteiger partial charge in [-0.2, -0.15) is 0 Å². The van der Waals surface area contributed by atoms with E-state index in [0.717, 1.165) is 32.5 Å². The van der Waals surface area contributed by atoms with Crippen molar-refractivity contribution < 1.29 is 4.79 Å². The molecule has 1 aromatic heterocycles. The number of likely N-dealkylation sites (tertiary alicyclic amines) is 1. The van der Waals surface area contributed by atoms with Gasteiger partial charge in [-0.3, -0.25) is 9.69 Å². The minimum Gasteiger partial charge on any atom is -0.354 e. The number of hydrogen-bond donors (Lipinski definition) is 1. The predicted molar refractivity (Wildman–Crippen MR) is 84.9 cm³/mol. The van der Waals surface area contributed by atoms with Gasteiger partial charge in [0.2, 0.25) is 5.91 Å². The van der Waals surface area contributed by atoms with E-state index < -0.39 is 0 Å². The Balaban J connectivity index is 1.93. The Hall–Kier alpha value is -0.870. The predicted octanol–water partition coefficient (Wildman–Crippen LogP) is 3.44. The first-order chi connectivity index (χ1) is 9.72. The summed E-state index contributed by atoms with van der Waals surface area (Å²) in [6.45, 7) is 7.20. The minimum atomic E-state index is 0.127. The molecule has 1 amide bonds. The monoisotopic (exact) mass is 294 g/mol. The molecule has 0 radical (unpaired) electrons. The van der Waals surface area contributed by atoms with E-state index in [1.807, 2.05) is 6.92 Å². The van der Waals surface area contributed by atoms with E-state index in [9.17, 15) is 4.79 Å². The number of nitrogens with one attached hydrogen (secondary N) is 1. The lowest BCUT2D eigenvalue weighted by atomic mass is 10.1. The van der Waals surface area contributed by atoms with Crippen LogP contribution < -0.4 is 5.32 Å². The number of thiophene rings is 1. The maximum atomic E-state index is 12.1. The summed E-state index contributed by atoms with van der Waals surface area (Å²) in [5.41, 5.74) is 0. The second-order valence-corrected chi connectivity index (χ2v) is 6.69. The van der Waals surface area contributed by atoms with Crippen molar-refractivity contribution in [1.29, 1.82) is 0 Å². The van der Waals surface area contributed by atoms with Crippen LogP contribution in [0, 0.1) is 5.92 Å². The summed E-state index contributed by atoms with van der Waals surface area (Å²) in [6.07, 6.45) is 4.60. The quantitative estimate of drug-likeness (QED) is 0.835. The first-order valence-corrected chi connectivity index (χ1v) is 8.65. The third kappa shape index (κ3) is 4.06. The Morgan fingerprint density at radius 2 is 2.20 bits per heavy atom. The molecule has 1 N–H and O–H groups in total. The Bertz CT molecular complexity index is 399. The van der Waals surface area contributed by atoms with E-state index in [0.29, 0.717) is 6.04 Å². The summed E-state index contributed by atoms with van der Waals surface area (Å²) in [4.78, 5) is 16.0. The molecule has 0 aliphatic carbocycles. The summed E-state index contributed by atoms with van der Waals surface area (Å²) in [6, 6.07) is 4.65. The minimum absolute atomic E-state index is 0.127. The zero-order chi connectivity index (χ0) is 14.4. The number of amides is 1. The lowest BCUT2D eigenvalue weighted by Crippen LogP contribution is -2.38. The fraction of sp³-hybridized carbons (Fsp3) is 0.688. The molecule has 1 aliphatic rings. The molecule has 3 nitrogen and oxygen atoms in total. The zero-order valence-corrected chi connectivity index (χ0v) is 13.4. The van der Waals surface area contributed by atoms with Crippen molar-refractivity contribution in [3.63, 3.8) is 0 Å². The number of carbonyl (C=O) groups is 1. The molecule has 4 heteroatoms. The van der Waals surface area contributed by atoms with Crippen LogP contribution in [-0.4, -0.2) is 30.4 Å². The molecule has 112 valence electrons. The number of carbonyl (C=O) groups excluding carboxylic acids is 1. The summed E-state index contributed by atoms with van der Waals surface area (Å²) in [7, 11) is 0. The molecule has 2 atom stereocenters. The van der Waals surface area contributed by atoms with Crippen LogP contribution in [0.4, 0.5) is 0 Å². The van der Waals surface area contributed by atoms with Crippen molar-refractivity contribution in [2.45, 2.75) is 45.6 Å². The van der Waals surface area contributed by atoms with Crippen LogP contribution >= 0.6 is 11.3 Å². The largest absolute Gasteiger partial charge is 0.354 e. The van der Waals surface area contributed by atoms with Gasteiger partial charge in [0, 0.05) is 17.3 Å². The van der Waals surface area contributed by atoms with Gasteiger partial charge in [0.25, 0.3) is 0 Å². The average molecular weight is 294 g/mol. The average Bonchev–Trinajstić information content (AvgIpc) is 3.12. The molecule has 2 rings (SSSR count). The Labute approximate surface area is 126 Å². The molecular formula is C16H26N2OS. The zero-order valence-electron chi connectivity index (χ0n) is 12.6. The van der Waals surface area contributed by atoms with E-state index in [-0.39, 0.29) is 11.8 Å². The lowest BCUT2D eigenvalue weighted by molar-refractivity contribution is -0.124. The first-order valence-electron chi connectivity index (χ1n) is 7.77. The van der Waals surface area contributed by atoms with Gasteiger partial charge < -0.3 is 5.32 Å². The Kier molecular flexibility index (Phi) is 6.05. The van der Waals surface area contributed by atoms with Crippen LogP contribution in [0.25, 0.3) is 0 Å². The Morgan fingerprint density at radius 3 is 2.80 bits per heavy atom. The van der Waals surface area contributed by atoms with Crippen molar-refractivity contribution in [2.75, 3.05) is 19.6 Å². The highest BCUT2D eigenvalue weighted by atomic mass is 32.1. The molecule has 0 spiro atoms. The second-order valence-electron chi connectivity index (χ2n) is 5.71. The van der Waals surface area contributed by atoms with E-state index in [1.165, 1.54) is 17.7 Å². The molecule has 2 heterocycles. The highest BCUT2D eigenvalue weighted by molar-refractivity contribution is 7.10. The third-order valence-corrected chi connectivity index (χ3v) is 5.07. The normalized spacial score (nSPS) is 18.9. The molecule has 20 heavy (non-hydrogen) atoms. The van der Waals surface area contributed by atoms with Crippen LogP contribution in [-0.2, 0) is 4.79 Å². The van der Waals surface area contributed by atoms with Gasteiger partial charge >= 0.3 is 0 Å². The summed E-state index contributed by atoms with van der Waals surface area (Å²) >= 11 is 1.80. The van der Waals surface area contributed by atoms with Crippen LogP contribution in [0.2, 0.25) is 0 Å². The molecule has 2 unspecified atom stereocenters. The van der Waals surface area contributed by atoms with Crippen LogP contribution in [0.3, 0.4) is 0 Å². The van der Waals surface area contributed by atoms with Crippen molar-refractivity contribution in [3.8, 4) is 0 Å². The smallest absolute Gasteiger partial charge is 0.222 e. The summed E-state index contributed by atoms with van der Waals surface area (Å²) < 4.78 is 0. The number of rotatable bonds is 7. The number of hydrogen-bond acceptors (Lipinski definition) is 3. The standard InChI is InChI=1S/C16H26N2OS/c1-3-7-13(2)16(19)17-12-14(15-8-6-11-20-15)18-9-4-5-10-18/h6,8,11,13-14H,3-5,7,9-10,12H2,1-2H3,(H,17,19). The van der Waals surface area contributed by atoms with Gasteiger partial charge in [-0.15, -0.1) is 11.3 Å². The topological polar surface area (TPSA) is 32.3 Å². The third-order valence-electron chi connectivity index (χ3n) is 4.09. The summed E-state index contributed by atoms with van der Waals surface area (Å²) in [5, 5.41) is 5.28. The fourth-order valence-corrected chi connectivity index (χ4v) is 3.74. The second kappa shape index (κ2) is 7.79.